The van der Waals surface area contributed by atoms with Crippen LogP contribution in [0.3, 0.4) is 0 Å². The minimum atomic E-state index is -0.336. The molecule has 3 rings (SSSR count). The summed E-state index contributed by atoms with van der Waals surface area (Å²) in [6.45, 7) is 1.69. The first-order chi connectivity index (χ1) is 9.54. The quantitative estimate of drug-likeness (QED) is 0.767. The summed E-state index contributed by atoms with van der Waals surface area (Å²) in [4.78, 5) is 15.7. The van der Waals surface area contributed by atoms with E-state index in [1.54, 1.807) is 25.1 Å². The van der Waals surface area contributed by atoms with Gasteiger partial charge in [0, 0.05) is 10.5 Å². The molecule has 0 atom stereocenters. The highest BCUT2D eigenvalue weighted by Crippen LogP contribution is 2.31. The number of halogens is 2. The van der Waals surface area contributed by atoms with E-state index >= 15 is 0 Å². The predicted molar refractivity (Wildman–Crippen MR) is 77.6 cm³/mol. The Kier molecular flexibility index (Phi) is 3.23. The van der Waals surface area contributed by atoms with Gasteiger partial charge in [-0.2, -0.15) is 10.1 Å². The molecule has 2 aromatic heterocycles. The minimum Gasteiger partial charge on any atom is -0.437 e. The number of nitrogens with zero attached hydrogens (tertiary/aromatic N) is 3. The van der Waals surface area contributed by atoms with E-state index in [9.17, 15) is 4.79 Å². The Hall–Kier alpha value is -1.86. The van der Waals surface area contributed by atoms with Gasteiger partial charge in [-0.3, -0.25) is 0 Å². The maximum Gasteiger partial charge on any atom is 0.349 e. The fourth-order valence-electron chi connectivity index (χ4n) is 1.79. The first-order valence-electron chi connectivity index (χ1n) is 5.62. The van der Waals surface area contributed by atoms with E-state index in [0.29, 0.717) is 28.1 Å². The van der Waals surface area contributed by atoms with Crippen molar-refractivity contribution in [1.29, 1.82) is 0 Å². The zero-order chi connectivity index (χ0) is 14.3. The van der Waals surface area contributed by atoms with Crippen molar-refractivity contribution in [2.24, 2.45) is 0 Å². The van der Waals surface area contributed by atoms with Crippen molar-refractivity contribution in [2.45, 2.75) is 6.92 Å². The molecule has 0 saturated heterocycles. The highest BCUT2D eigenvalue weighted by molar-refractivity contribution is 9.10. The van der Waals surface area contributed by atoms with Crippen molar-refractivity contribution < 1.29 is 4.74 Å². The van der Waals surface area contributed by atoms with Crippen LogP contribution >= 0.6 is 27.5 Å². The Morgan fingerprint density at radius 2 is 2.20 bits per heavy atom. The second kappa shape index (κ2) is 4.92. The molecule has 20 heavy (non-hydrogen) atoms. The number of aromatic nitrogens is 4. The molecular formula is C12H8BrClN4O2. The smallest absolute Gasteiger partial charge is 0.349 e. The molecule has 1 N–H and O–H groups in total. The molecule has 8 heteroatoms. The minimum absolute atomic E-state index is 0.314. The number of hydrogen-bond donors (Lipinski definition) is 1. The van der Waals surface area contributed by atoms with Gasteiger partial charge < -0.3 is 4.74 Å². The third-order valence-corrected chi connectivity index (χ3v) is 3.46. The molecule has 0 saturated carbocycles. The van der Waals surface area contributed by atoms with Crippen molar-refractivity contribution in [3.05, 3.63) is 50.1 Å². The van der Waals surface area contributed by atoms with Gasteiger partial charge in [0.15, 0.2) is 5.65 Å². The average molecular weight is 356 g/mol. The van der Waals surface area contributed by atoms with Crippen LogP contribution in [0.1, 0.15) is 5.82 Å². The van der Waals surface area contributed by atoms with Gasteiger partial charge in [-0.25, -0.2) is 14.3 Å². The molecule has 0 radical (unpaired) electrons. The van der Waals surface area contributed by atoms with Crippen LogP contribution in [-0.2, 0) is 0 Å². The highest BCUT2D eigenvalue weighted by Gasteiger charge is 2.10. The Balaban J connectivity index is 2.07. The molecule has 6 nitrogen and oxygen atoms in total. The van der Waals surface area contributed by atoms with Crippen molar-refractivity contribution in [3.8, 4) is 11.6 Å². The summed E-state index contributed by atoms with van der Waals surface area (Å²) in [6, 6.07) is 6.82. The van der Waals surface area contributed by atoms with Gasteiger partial charge in [0.25, 0.3) is 0 Å². The standard InChI is InChI=1S/C12H8BrClN4O2/c1-6-15-11(5-10-16-17-12(19)18(6)10)20-9-4-7(13)2-3-8(9)14/h2-5H,1H3,(H,17,19). The maximum atomic E-state index is 11.5. The predicted octanol–water partition coefficient (Wildman–Crippen LogP) is 2.93. The number of benzene rings is 1. The van der Waals surface area contributed by atoms with Gasteiger partial charge in [0.05, 0.1) is 5.02 Å². The summed E-state index contributed by atoms with van der Waals surface area (Å²) in [5.74, 6) is 1.26. The van der Waals surface area contributed by atoms with Gasteiger partial charge in [0.1, 0.15) is 11.6 Å². The Labute approximate surface area is 126 Å². The molecule has 0 aliphatic rings. The molecule has 0 unspecified atom stereocenters. The van der Waals surface area contributed by atoms with E-state index < -0.39 is 0 Å². The number of H-pyrrole nitrogens is 1. The van der Waals surface area contributed by atoms with Gasteiger partial charge in [-0.05, 0) is 25.1 Å². The van der Waals surface area contributed by atoms with Crippen LogP contribution in [-0.4, -0.2) is 19.6 Å². The molecule has 0 spiro atoms. The van der Waals surface area contributed by atoms with Crippen molar-refractivity contribution >= 4 is 33.2 Å². The molecule has 2 heterocycles. The molecule has 0 aliphatic carbocycles. The maximum absolute atomic E-state index is 11.5. The number of aryl methyl sites for hydroxylation is 1. The zero-order valence-corrected chi connectivity index (χ0v) is 12.6. The van der Waals surface area contributed by atoms with E-state index in [-0.39, 0.29) is 5.69 Å². The second-order valence-electron chi connectivity index (χ2n) is 4.04. The van der Waals surface area contributed by atoms with E-state index in [4.69, 9.17) is 16.3 Å². The molecular weight excluding hydrogens is 348 g/mol. The molecule has 1 aromatic carbocycles. The summed E-state index contributed by atoms with van der Waals surface area (Å²) in [7, 11) is 0. The SMILES string of the molecule is Cc1nc(Oc2cc(Br)ccc2Cl)cc2n[nH]c(=O)n12. The lowest BCUT2D eigenvalue weighted by molar-refractivity contribution is 0.460. The Bertz CT molecular complexity index is 858. The first-order valence-corrected chi connectivity index (χ1v) is 6.79. The average Bonchev–Trinajstić information content (AvgIpc) is 2.76. The third kappa shape index (κ3) is 2.30. The van der Waals surface area contributed by atoms with Gasteiger partial charge in [0.2, 0.25) is 5.88 Å². The second-order valence-corrected chi connectivity index (χ2v) is 5.36. The van der Waals surface area contributed by atoms with Crippen LogP contribution in [0.15, 0.2) is 33.5 Å². The summed E-state index contributed by atoms with van der Waals surface area (Å²) >= 11 is 9.40. The summed E-state index contributed by atoms with van der Waals surface area (Å²) < 4.78 is 7.84. The summed E-state index contributed by atoms with van der Waals surface area (Å²) in [5.41, 5.74) is 0.0978. The lowest BCUT2D eigenvalue weighted by atomic mass is 10.3. The van der Waals surface area contributed by atoms with E-state index in [1.807, 2.05) is 6.07 Å². The van der Waals surface area contributed by atoms with E-state index in [2.05, 4.69) is 31.1 Å². The fourth-order valence-corrected chi connectivity index (χ4v) is 2.29. The van der Waals surface area contributed by atoms with Crippen LogP contribution in [0.4, 0.5) is 0 Å². The summed E-state index contributed by atoms with van der Waals surface area (Å²) in [5, 5.41) is 6.71. The van der Waals surface area contributed by atoms with E-state index in [0.717, 1.165) is 4.47 Å². The van der Waals surface area contributed by atoms with Crippen LogP contribution in [0.2, 0.25) is 5.02 Å². The number of hydrogen-bond acceptors (Lipinski definition) is 4. The number of nitrogens with one attached hydrogen (secondary N) is 1. The number of aromatic amines is 1. The van der Waals surface area contributed by atoms with Crippen LogP contribution in [0.5, 0.6) is 11.6 Å². The molecule has 0 fully saturated rings. The molecule has 3 aromatic rings. The monoisotopic (exact) mass is 354 g/mol. The van der Waals surface area contributed by atoms with Gasteiger partial charge >= 0.3 is 5.69 Å². The first kappa shape index (κ1) is 13.1. The fraction of sp³-hybridized carbons (Fsp3) is 0.0833. The van der Waals surface area contributed by atoms with Crippen molar-refractivity contribution in [3.63, 3.8) is 0 Å². The Morgan fingerprint density at radius 3 is 3.00 bits per heavy atom. The van der Waals surface area contributed by atoms with Crippen LogP contribution in [0, 0.1) is 6.92 Å². The molecule has 102 valence electrons. The molecule has 0 aliphatic heterocycles. The zero-order valence-electron chi connectivity index (χ0n) is 10.2. The molecule has 0 bridgehead atoms. The van der Waals surface area contributed by atoms with Gasteiger partial charge in [-0.1, -0.05) is 27.5 Å². The number of ether oxygens (including phenoxy) is 1. The number of rotatable bonds is 2. The normalized spacial score (nSPS) is 10.9. The highest BCUT2D eigenvalue weighted by atomic mass is 79.9. The summed E-state index contributed by atoms with van der Waals surface area (Å²) in [6.07, 6.45) is 0. The van der Waals surface area contributed by atoms with Crippen LogP contribution < -0.4 is 10.4 Å². The third-order valence-electron chi connectivity index (χ3n) is 2.65. The lowest BCUT2D eigenvalue weighted by Gasteiger charge is -2.08. The number of fused-ring (bicyclic) bond motifs is 1. The van der Waals surface area contributed by atoms with E-state index in [1.165, 1.54) is 4.40 Å². The van der Waals surface area contributed by atoms with Crippen LogP contribution in [0.25, 0.3) is 5.65 Å². The van der Waals surface area contributed by atoms with Crippen molar-refractivity contribution in [1.82, 2.24) is 19.6 Å². The largest absolute Gasteiger partial charge is 0.437 e. The Morgan fingerprint density at radius 1 is 1.40 bits per heavy atom. The van der Waals surface area contributed by atoms with Crippen molar-refractivity contribution in [2.75, 3.05) is 0 Å². The topological polar surface area (TPSA) is 72.3 Å². The molecule has 0 amide bonds. The van der Waals surface area contributed by atoms with Gasteiger partial charge in [-0.15, -0.1) is 0 Å². The lowest BCUT2D eigenvalue weighted by Crippen LogP contribution is -2.13.